The van der Waals surface area contributed by atoms with Crippen LogP contribution in [0.1, 0.15) is 81.0 Å². The standard InChI is InChI=1S/C33H35N2OSi.2C31H31N2OSi.C30H29N2OSi/c1-20(2)25-19-35(6)27(18-28(25)37(7,8)9)30-22(4)17-21(3)29-24-15-16-26(34-5)31(32(24)36-33(29)30)23-13-11-10-12-14-23;1-19-17-25(33(5)18-26(19)35(6,7)8)28-21(3)16-20(2)27-23-14-15-24(32-4)29(30(23)34-31(27)28)22-12-10-9-11-13-22;1-19-16-20(2)28(25-17-26(35(6,7)8)21(3)18-33(25)5)31-27(19)23-14-15-24(32-4)29(30(23)34-31)22-12-10-9-11-13-22;1-19-17-20(2)27(25-16-13-22(18-32(25)4)34(5,6)7)30-26(19)23-14-15-24(31-3)28(29(23)33-30)21-11-9-8-10-12-21/h10-20H,1-4,6-9H3;2*9-18H,1-3,5-8H3;8-18H,1-2,4-7H3/q4*+1. The molecule has 0 N–H and O–H groups in total. The highest BCUT2D eigenvalue weighted by Crippen LogP contribution is 2.52. The molecule has 0 atom stereocenters. The van der Waals surface area contributed by atoms with E-state index in [4.69, 9.17) is 44.0 Å². The van der Waals surface area contributed by atoms with E-state index in [1.165, 1.54) is 93.3 Å². The minimum absolute atomic E-state index is 0.466. The van der Waals surface area contributed by atoms with E-state index in [0.29, 0.717) is 28.7 Å². The molecule has 0 amide bonds. The van der Waals surface area contributed by atoms with Gasteiger partial charge >= 0.3 is 0 Å². The number of nitrogens with zero attached hydrogens (tertiary/aromatic N) is 8. The van der Waals surface area contributed by atoms with Crippen LogP contribution in [0.5, 0.6) is 0 Å². The van der Waals surface area contributed by atoms with Crippen molar-refractivity contribution in [1.82, 2.24) is 0 Å². The van der Waals surface area contributed by atoms with Gasteiger partial charge in [-0.15, -0.1) is 0 Å². The Labute approximate surface area is 834 Å². The van der Waals surface area contributed by atoms with Gasteiger partial charge in [0.1, 0.15) is 72.9 Å². The molecule has 20 aromatic rings. The summed E-state index contributed by atoms with van der Waals surface area (Å²) in [5, 5.41) is 14.6. The van der Waals surface area contributed by atoms with E-state index in [-0.39, 0.29) is 0 Å². The summed E-state index contributed by atoms with van der Waals surface area (Å²) in [5.74, 6) is 0.466. The molecule has 8 heterocycles. The zero-order chi connectivity index (χ0) is 101. The second kappa shape index (κ2) is 37.8. The maximum atomic E-state index is 7.85. The van der Waals surface area contributed by atoms with Crippen LogP contribution in [0.15, 0.2) is 267 Å². The molecule has 16 heteroatoms. The lowest BCUT2D eigenvalue weighted by Gasteiger charge is -2.23. The molecule has 0 saturated carbocycles. The van der Waals surface area contributed by atoms with Crippen molar-refractivity contribution in [3.8, 4) is 89.5 Å². The predicted octanol–water partition coefficient (Wildman–Crippen LogP) is 31.6. The van der Waals surface area contributed by atoms with Gasteiger partial charge in [0.05, 0.1) is 80.8 Å². The first-order valence-corrected chi connectivity index (χ1v) is 62.7. The molecule has 0 spiro atoms. The van der Waals surface area contributed by atoms with E-state index in [2.05, 4.69) is 343 Å². The quantitative estimate of drug-likeness (QED) is 0.0654. The molecule has 141 heavy (non-hydrogen) atoms. The highest BCUT2D eigenvalue weighted by atomic mass is 28.3. The molecule has 0 fully saturated rings. The second-order valence-electron chi connectivity index (χ2n) is 43.0. The van der Waals surface area contributed by atoms with Gasteiger partial charge in [-0.1, -0.05) is 293 Å². The fourth-order valence-corrected chi connectivity index (χ4v) is 28.2. The number of benzene rings is 12. The van der Waals surface area contributed by atoms with Gasteiger partial charge < -0.3 is 17.7 Å². The molecule has 0 unspecified atom stereocenters. The average molecular weight is 1920 g/mol. The van der Waals surface area contributed by atoms with Gasteiger partial charge in [0.25, 0.3) is 0 Å². The summed E-state index contributed by atoms with van der Waals surface area (Å²) in [6.07, 6.45) is 9.18. The van der Waals surface area contributed by atoms with Crippen molar-refractivity contribution < 1.29 is 35.9 Å². The summed E-state index contributed by atoms with van der Waals surface area (Å²) in [6.45, 7) is 86.3. The first-order chi connectivity index (χ1) is 66.9. The minimum atomic E-state index is -1.60. The van der Waals surface area contributed by atoms with Gasteiger partial charge in [-0.2, -0.15) is 0 Å². The topological polar surface area (TPSA) is 85.5 Å². The molecule has 12 aromatic carbocycles. The third-order valence-electron chi connectivity index (χ3n) is 28.2. The molecular formula is C125H126N8O4Si4+4. The molecule has 702 valence electrons. The summed E-state index contributed by atoms with van der Waals surface area (Å²) >= 11 is 0. The van der Waals surface area contributed by atoms with Crippen molar-refractivity contribution in [2.45, 2.75) is 168 Å². The third-order valence-corrected chi connectivity index (χ3v) is 36.6. The van der Waals surface area contributed by atoms with Crippen molar-refractivity contribution in [2.75, 3.05) is 0 Å². The lowest BCUT2D eigenvalue weighted by atomic mass is 9.94. The van der Waals surface area contributed by atoms with Gasteiger partial charge in [0.15, 0.2) is 47.5 Å². The molecule has 12 nitrogen and oxygen atoms in total. The zero-order valence-corrected chi connectivity index (χ0v) is 91.0. The molecule has 0 aliphatic carbocycles. The Balaban J connectivity index is 0.000000130. The highest BCUT2D eigenvalue weighted by Gasteiger charge is 2.36. The van der Waals surface area contributed by atoms with E-state index in [1.807, 2.05) is 133 Å². The highest BCUT2D eigenvalue weighted by molar-refractivity contribution is 6.90. The number of furan rings is 4. The van der Waals surface area contributed by atoms with Crippen LogP contribution < -0.4 is 39.0 Å². The first-order valence-electron chi connectivity index (χ1n) is 48.7. The second-order valence-corrected chi connectivity index (χ2v) is 63.2. The third kappa shape index (κ3) is 17.9. The Morgan fingerprint density at radius 2 is 0.518 bits per heavy atom. The van der Waals surface area contributed by atoms with Crippen LogP contribution in [0.2, 0.25) is 78.6 Å². The van der Waals surface area contributed by atoms with Crippen LogP contribution >= 0.6 is 0 Å². The van der Waals surface area contributed by atoms with Crippen molar-refractivity contribution >= 4 is 164 Å². The molecule has 0 radical (unpaired) electrons. The Morgan fingerprint density at radius 1 is 0.241 bits per heavy atom. The number of rotatable bonds is 13. The Bertz CT molecular complexity index is 8680. The number of fused-ring (bicyclic) bond motifs is 12. The van der Waals surface area contributed by atoms with Gasteiger partial charge in [-0.3, -0.25) is 0 Å². The summed E-state index contributed by atoms with van der Waals surface area (Å²) < 4.78 is 36.1. The van der Waals surface area contributed by atoms with E-state index in [1.54, 1.807) is 0 Å². The number of hydrogen-bond acceptors (Lipinski definition) is 4. The smallest absolute Gasteiger partial charge is 0.216 e. The lowest BCUT2D eigenvalue weighted by molar-refractivity contribution is -0.660. The molecule has 0 bridgehead atoms. The largest absolute Gasteiger partial charge is 0.456 e. The monoisotopic (exact) mass is 1910 g/mol. The number of aryl methyl sites for hydroxylation is 14. The molecule has 0 saturated heterocycles. The van der Waals surface area contributed by atoms with Gasteiger partial charge in [0.2, 0.25) is 22.8 Å². The zero-order valence-electron chi connectivity index (χ0n) is 87.0. The molecule has 0 aliphatic rings. The first kappa shape index (κ1) is 97.9. The predicted molar refractivity (Wildman–Crippen MR) is 601 cm³/mol. The molecule has 8 aromatic heterocycles. The van der Waals surface area contributed by atoms with Crippen LogP contribution in [0.3, 0.4) is 0 Å². The summed E-state index contributed by atoms with van der Waals surface area (Å²) in [6, 6.07) is 77.1. The number of hydrogen-bond donors (Lipinski definition) is 0. The van der Waals surface area contributed by atoms with Crippen LogP contribution in [0.4, 0.5) is 22.7 Å². The molecule has 20 rings (SSSR count). The molecule has 0 aliphatic heterocycles. The average Bonchev–Trinajstić information content (AvgIpc) is 1.61. The van der Waals surface area contributed by atoms with E-state index < -0.39 is 32.3 Å². The van der Waals surface area contributed by atoms with Crippen molar-refractivity contribution in [3.63, 3.8) is 0 Å². The van der Waals surface area contributed by atoms with Crippen LogP contribution in [0.25, 0.3) is 197 Å². The van der Waals surface area contributed by atoms with Crippen LogP contribution in [-0.4, -0.2) is 32.3 Å². The summed E-state index contributed by atoms with van der Waals surface area (Å²) in [4.78, 5) is 15.4. The Hall–Kier alpha value is -14.7. The Morgan fingerprint density at radius 3 is 0.801 bits per heavy atom. The Kier molecular flexibility index (Phi) is 26.2. The normalized spacial score (nSPS) is 11.9. The van der Waals surface area contributed by atoms with E-state index in [9.17, 15) is 0 Å². The summed E-state index contributed by atoms with van der Waals surface area (Å²) in [7, 11) is 2.52. The van der Waals surface area contributed by atoms with Gasteiger partial charge in [-0.25, -0.2) is 37.6 Å². The van der Waals surface area contributed by atoms with Crippen molar-refractivity contribution in [3.05, 3.63) is 356 Å². The van der Waals surface area contributed by atoms with Crippen LogP contribution in [0, 0.1) is 95.5 Å². The number of pyridine rings is 4. The van der Waals surface area contributed by atoms with Gasteiger partial charge in [0, 0.05) is 111 Å². The summed E-state index contributed by atoms with van der Waals surface area (Å²) in [5.41, 5.74) is 39.4. The van der Waals surface area contributed by atoms with E-state index in [0.717, 1.165) is 166 Å². The maximum Gasteiger partial charge on any atom is 0.216 e. The van der Waals surface area contributed by atoms with Crippen molar-refractivity contribution in [1.29, 1.82) is 0 Å². The fraction of sp³-hybridized carbons (Fsp3) is 0.232. The van der Waals surface area contributed by atoms with Crippen molar-refractivity contribution in [2.24, 2.45) is 28.2 Å². The van der Waals surface area contributed by atoms with E-state index >= 15 is 0 Å². The number of aromatic nitrogens is 4. The van der Waals surface area contributed by atoms with Crippen LogP contribution in [-0.2, 0) is 28.2 Å². The maximum absolute atomic E-state index is 7.85. The fourth-order valence-electron chi connectivity index (χ4n) is 21.6. The minimum Gasteiger partial charge on any atom is -0.456 e. The van der Waals surface area contributed by atoms with Gasteiger partial charge in [-0.05, 0) is 158 Å². The molecular weight excluding hydrogens is 1790 g/mol. The SMILES string of the molecule is [C-]#[N+]c1ccc2c(oc3c(-c4cc(C)c([Si](C)(C)C)c[n+]4C)c(C)cc(C)c32)c1-c1ccccc1.[C-]#[N+]c1ccc2c(oc3c(-c4cc([Si](C)(C)C)c(C(C)C)c[n+]4C)c(C)cc(C)c32)c1-c1ccccc1.[C-]#[N+]c1ccc2c(oc3c(-c4cc([Si](C)(C)C)c(C)c[n+]4C)c(C)cc(C)c32)c1-c1ccccc1.[C-]#[N+]c1ccc2c(oc3c(-c4ccc([Si](C)(C)C)c[n+]4C)c(C)cc(C)c32)c1-c1ccccc1. The lowest BCUT2D eigenvalue weighted by Crippen LogP contribution is -2.46.